The van der Waals surface area contributed by atoms with Crippen LogP contribution in [0.2, 0.25) is 0 Å². The molecule has 1 unspecified atom stereocenters. The highest BCUT2D eigenvalue weighted by Crippen LogP contribution is 2.30. The quantitative estimate of drug-likeness (QED) is 0.476. The van der Waals surface area contributed by atoms with E-state index in [0.29, 0.717) is 0 Å². The summed E-state index contributed by atoms with van der Waals surface area (Å²) in [7, 11) is 0. The molecule has 0 saturated carbocycles. The van der Waals surface area contributed by atoms with Crippen LogP contribution in [-0.2, 0) is 9.53 Å². The van der Waals surface area contributed by atoms with Crippen molar-refractivity contribution in [1.29, 1.82) is 0 Å². The number of hydrogen-bond donors (Lipinski definition) is 0. The number of carbonyl (C=O) groups excluding carboxylic acids is 1. The van der Waals surface area contributed by atoms with Crippen molar-refractivity contribution in [2.45, 2.75) is 58.7 Å². The molecule has 1 aliphatic heterocycles. The van der Waals surface area contributed by atoms with Gasteiger partial charge in [-0.3, -0.25) is 9.69 Å². The van der Waals surface area contributed by atoms with Crippen LogP contribution in [0.1, 0.15) is 41.5 Å². The van der Waals surface area contributed by atoms with E-state index in [1.165, 1.54) is 0 Å². The van der Waals surface area contributed by atoms with Gasteiger partial charge in [0.25, 0.3) is 0 Å². The topological polar surface area (TPSA) is 29.3 Å². The maximum Gasteiger partial charge on any atom is 0.325 e. The van der Waals surface area contributed by atoms with E-state index in [2.05, 4.69) is 25.7 Å². The van der Waals surface area contributed by atoms with Crippen molar-refractivity contribution >= 4 is 5.97 Å². The molecule has 0 spiro atoms. The fourth-order valence-corrected chi connectivity index (χ4v) is 1.45. The molecule has 0 N–H and O–H groups in total. The van der Waals surface area contributed by atoms with E-state index < -0.39 is 0 Å². The smallest absolute Gasteiger partial charge is 0.325 e. The van der Waals surface area contributed by atoms with Crippen LogP contribution >= 0.6 is 0 Å². The Morgan fingerprint density at radius 2 is 1.71 bits per heavy atom. The van der Waals surface area contributed by atoms with Crippen LogP contribution in [0.4, 0.5) is 0 Å². The van der Waals surface area contributed by atoms with Gasteiger partial charge in [0.2, 0.25) is 0 Å². The second-order valence-electron chi connectivity index (χ2n) is 5.87. The zero-order chi connectivity index (χ0) is 11.1. The van der Waals surface area contributed by atoms with E-state index in [1.54, 1.807) is 0 Å². The lowest BCUT2D eigenvalue weighted by Gasteiger charge is -2.23. The van der Waals surface area contributed by atoms with Crippen LogP contribution < -0.4 is 0 Å². The monoisotopic (exact) mass is 199 g/mol. The van der Waals surface area contributed by atoms with Gasteiger partial charge < -0.3 is 4.74 Å². The molecular formula is C11H21NO2. The molecule has 1 fully saturated rings. The highest BCUT2D eigenvalue weighted by molar-refractivity contribution is 5.79. The molecule has 1 aliphatic rings. The average molecular weight is 199 g/mol. The predicted octanol–water partition coefficient (Wildman–Crippen LogP) is 1.81. The number of nitrogens with zero attached hydrogens (tertiary/aromatic N) is 1. The van der Waals surface area contributed by atoms with Crippen molar-refractivity contribution < 1.29 is 9.53 Å². The van der Waals surface area contributed by atoms with E-state index in [1.807, 2.05) is 20.8 Å². The van der Waals surface area contributed by atoms with Crippen molar-refractivity contribution in [1.82, 2.24) is 4.90 Å². The summed E-state index contributed by atoms with van der Waals surface area (Å²) < 4.78 is 5.31. The zero-order valence-corrected chi connectivity index (χ0v) is 10.0. The number of hydrogen-bond acceptors (Lipinski definition) is 3. The number of carbonyl (C=O) groups is 1. The van der Waals surface area contributed by atoms with Crippen LogP contribution in [0.3, 0.4) is 0 Å². The lowest BCUT2D eigenvalue weighted by atomic mass is 10.1. The maximum absolute atomic E-state index is 11.6. The summed E-state index contributed by atoms with van der Waals surface area (Å²) in [4.78, 5) is 13.8. The van der Waals surface area contributed by atoms with E-state index in [0.717, 1.165) is 6.54 Å². The molecule has 1 rings (SSSR count). The van der Waals surface area contributed by atoms with Crippen LogP contribution in [0.15, 0.2) is 0 Å². The third kappa shape index (κ3) is 2.98. The minimum Gasteiger partial charge on any atom is -0.459 e. The van der Waals surface area contributed by atoms with E-state index >= 15 is 0 Å². The zero-order valence-electron chi connectivity index (χ0n) is 10.0. The van der Waals surface area contributed by atoms with Gasteiger partial charge in [-0.15, -0.1) is 0 Å². The van der Waals surface area contributed by atoms with Crippen molar-refractivity contribution in [3.63, 3.8) is 0 Å². The summed E-state index contributed by atoms with van der Waals surface area (Å²) in [6.07, 6.45) is 0. The minimum atomic E-state index is -0.372. The van der Waals surface area contributed by atoms with Gasteiger partial charge in [0.05, 0.1) is 0 Å². The molecule has 0 amide bonds. The van der Waals surface area contributed by atoms with E-state index in [-0.39, 0.29) is 23.2 Å². The van der Waals surface area contributed by atoms with Gasteiger partial charge in [-0.25, -0.2) is 0 Å². The van der Waals surface area contributed by atoms with Crippen molar-refractivity contribution in [2.75, 3.05) is 6.54 Å². The molecular weight excluding hydrogens is 178 g/mol. The normalized spacial score (nSPS) is 27.3. The predicted molar refractivity (Wildman–Crippen MR) is 56.1 cm³/mol. The third-order valence-electron chi connectivity index (χ3n) is 2.15. The highest BCUT2D eigenvalue weighted by atomic mass is 16.6. The Bertz CT molecular complexity index is 235. The molecule has 1 saturated heterocycles. The van der Waals surface area contributed by atoms with Crippen LogP contribution in [0, 0.1) is 0 Å². The Labute approximate surface area is 86.4 Å². The summed E-state index contributed by atoms with van der Waals surface area (Å²) in [5.74, 6) is -0.0903. The number of rotatable bonds is 1. The fourth-order valence-electron chi connectivity index (χ4n) is 1.45. The first-order valence-electron chi connectivity index (χ1n) is 5.11. The summed E-state index contributed by atoms with van der Waals surface area (Å²) in [5.41, 5.74) is -0.301. The Morgan fingerprint density at radius 1 is 1.21 bits per heavy atom. The summed E-state index contributed by atoms with van der Waals surface area (Å²) in [6, 6.07) is -0.0192. The van der Waals surface area contributed by atoms with Gasteiger partial charge in [-0.2, -0.15) is 0 Å². The van der Waals surface area contributed by atoms with Gasteiger partial charge in [0.1, 0.15) is 11.6 Å². The van der Waals surface area contributed by atoms with Crippen LogP contribution in [-0.4, -0.2) is 34.6 Å². The Hall–Kier alpha value is -0.570. The highest BCUT2D eigenvalue weighted by Gasteiger charge is 2.48. The van der Waals surface area contributed by atoms with Crippen LogP contribution in [0.5, 0.6) is 0 Å². The average Bonchev–Trinajstić information content (AvgIpc) is 2.55. The third-order valence-corrected chi connectivity index (χ3v) is 2.15. The van der Waals surface area contributed by atoms with Gasteiger partial charge in [-0.05, 0) is 41.5 Å². The first kappa shape index (κ1) is 11.5. The molecule has 1 heterocycles. The maximum atomic E-state index is 11.6. The Kier molecular flexibility index (Phi) is 2.65. The summed E-state index contributed by atoms with van der Waals surface area (Å²) in [5, 5.41) is 0. The van der Waals surface area contributed by atoms with Gasteiger partial charge in [0, 0.05) is 12.1 Å². The van der Waals surface area contributed by atoms with Gasteiger partial charge in [-0.1, -0.05) is 0 Å². The standard InChI is InChI=1S/C11H21NO2/c1-10(2,3)12-7-8(12)9(13)14-11(4,5)6/h8H,7H2,1-6H3/t8-,12?/m1/s1. The lowest BCUT2D eigenvalue weighted by molar-refractivity contribution is -0.155. The van der Waals surface area contributed by atoms with Crippen LogP contribution in [0.25, 0.3) is 0 Å². The van der Waals surface area contributed by atoms with Gasteiger partial charge in [0.15, 0.2) is 0 Å². The Balaban J connectivity index is 2.45. The largest absolute Gasteiger partial charge is 0.459 e. The molecule has 3 nitrogen and oxygen atoms in total. The second-order valence-corrected chi connectivity index (χ2v) is 5.87. The van der Waals surface area contributed by atoms with Crippen molar-refractivity contribution in [2.24, 2.45) is 0 Å². The molecule has 14 heavy (non-hydrogen) atoms. The van der Waals surface area contributed by atoms with E-state index in [9.17, 15) is 4.79 Å². The van der Waals surface area contributed by atoms with E-state index in [4.69, 9.17) is 4.74 Å². The second kappa shape index (κ2) is 3.23. The Morgan fingerprint density at radius 3 is 2.00 bits per heavy atom. The molecule has 0 bridgehead atoms. The van der Waals surface area contributed by atoms with Gasteiger partial charge >= 0.3 is 5.97 Å². The minimum absolute atomic E-state index is 0.0192. The number of esters is 1. The molecule has 0 radical (unpaired) electrons. The molecule has 82 valence electrons. The molecule has 0 aromatic carbocycles. The molecule has 0 aromatic heterocycles. The molecule has 0 aromatic rings. The SMILES string of the molecule is CC(C)(C)OC(=O)[C@H]1CN1C(C)(C)C. The lowest BCUT2D eigenvalue weighted by Crippen LogP contribution is -2.33. The van der Waals surface area contributed by atoms with Crippen molar-refractivity contribution in [3.05, 3.63) is 0 Å². The van der Waals surface area contributed by atoms with Crippen molar-refractivity contribution in [3.8, 4) is 0 Å². The molecule has 3 heteroatoms. The summed E-state index contributed by atoms with van der Waals surface area (Å²) in [6.45, 7) is 12.8. The first-order chi connectivity index (χ1) is 6.11. The molecule has 2 atom stereocenters. The fraction of sp³-hybridized carbons (Fsp3) is 0.909. The first-order valence-corrected chi connectivity index (χ1v) is 5.11. The number of ether oxygens (including phenoxy) is 1. The molecule has 0 aliphatic carbocycles. The summed E-state index contributed by atoms with van der Waals surface area (Å²) >= 11 is 0.